The zero-order valence-corrected chi connectivity index (χ0v) is 17.1. The van der Waals surface area contributed by atoms with E-state index in [1.165, 1.54) is 28.2 Å². The smallest absolute Gasteiger partial charge is 0.141 e. The molecular weight excluding hydrogens is 382 g/mol. The zero-order chi connectivity index (χ0) is 19.1. The second-order valence-corrected chi connectivity index (χ2v) is 8.42. The SMILES string of the molecule is CC(Cn1c2c(c3cc(Cl)ccc31)CCN(C)CC2)c1ccc(F)c(Cl)c1. The summed E-state index contributed by atoms with van der Waals surface area (Å²) in [6.07, 6.45) is 2.06. The van der Waals surface area contributed by atoms with Gasteiger partial charge in [0.2, 0.25) is 0 Å². The lowest BCUT2D eigenvalue weighted by Gasteiger charge is -2.18. The standard InChI is InChI=1S/C22H23Cl2FN2/c1-14(15-3-5-20(25)19(24)11-15)13-27-21-6-4-16(23)12-18(21)17-7-9-26(2)10-8-22(17)27/h3-6,11-12,14H,7-10,13H2,1-2H3. The lowest BCUT2D eigenvalue weighted by molar-refractivity contribution is 0.350. The average Bonchev–Trinajstić information content (AvgIpc) is 2.78. The molecule has 0 saturated heterocycles. The third-order valence-electron chi connectivity index (χ3n) is 5.69. The predicted molar refractivity (Wildman–Crippen MR) is 112 cm³/mol. The third kappa shape index (κ3) is 3.61. The van der Waals surface area contributed by atoms with Crippen LogP contribution in [-0.2, 0) is 19.4 Å². The van der Waals surface area contributed by atoms with E-state index in [-0.39, 0.29) is 16.8 Å². The largest absolute Gasteiger partial charge is 0.344 e. The Kier molecular flexibility index (Phi) is 5.19. The number of hydrogen-bond acceptors (Lipinski definition) is 1. The van der Waals surface area contributed by atoms with Crippen LogP contribution in [0.2, 0.25) is 10.0 Å². The number of halogens is 3. The van der Waals surface area contributed by atoms with Gasteiger partial charge in [-0.25, -0.2) is 4.39 Å². The van der Waals surface area contributed by atoms with Crippen LogP contribution in [0.1, 0.15) is 29.7 Å². The van der Waals surface area contributed by atoms with E-state index in [9.17, 15) is 4.39 Å². The number of hydrogen-bond donors (Lipinski definition) is 0. The number of rotatable bonds is 3. The minimum absolute atomic E-state index is 0.184. The Labute approximate surface area is 169 Å². The van der Waals surface area contributed by atoms with Crippen molar-refractivity contribution in [3.8, 4) is 0 Å². The first-order valence-corrected chi connectivity index (χ1v) is 10.1. The second-order valence-electron chi connectivity index (χ2n) is 7.58. The van der Waals surface area contributed by atoms with E-state index in [0.29, 0.717) is 0 Å². The van der Waals surface area contributed by atoms with Crippen molar-refractivity contribution >= 4 is 34.1 Å². The van der Waals surface area contributed by atoms with Crippen LogP contribution >= 0.6 is 23.2 Å². The van der Waals surface area contributed by atoms with Gasteiger partial charge in [-0.05, 0) is 60.8 Å². The Morgan fingerprint density at radius 3 is 2.63 bits per heavy atom. The van der Waals surface area contributed by atoms with Gasteiger partial charge in [0.15, 0.2) is 0 Å². The summed E-state index contributed by atoms with van der Waals surface area (Å²) in [7, 11) is 2.18. The van der Waals surface area contributed by atoms with E-state index in [1.54, 1.807) is 6.07 Å². The molecule has 142 valence electrons. The average molecular weight is 405 g/mol. The molecule has 0 bridgehead atoms. The van der Waals surface area contributed by atoms with Crippen molar-refractivity contribution in [1.82, 2.24) is 9.47 Å². The first-order valence-electron chi connectivity index (χ1n) is 9.37. The van der Waals surface area contributed by atoms with Crippen molar-refractivity contribution in [2.45, 2.75) is 32.2 Å². The highest BCUT2D eigenvalue weighted by Gasteiger charge is 2.22. The van der Waals surface area contributed by atoms with Crippen LogP contribution in [0.25, 0.3) is 10.9 Å². The Balaban J connectivity index is 1.77. The number of fused-ring (bicyclic) bond motifs is 3. The van der Waals surface area contributed by atoms with Crippen LogP contribution in [-0.4, -0.2) is 29.6 Å². The Morgan fingerprint density at radius 2 is 1.85 bits per heavy atom. The Bertz CT molecular complexity index is 996. The molecule has 0 spiro atoms. The fourth-order valence-electron chi connectivity index (χ4n) is 4.13. The summed E-state index contributed by atoms with van der Waals surface area (Å²) in [5.41, 5.74) is 5.10. The van der Waals surface area contributed by atoms with E-state index < -0.39 is 0 Å². The van der Waals surface area contributed by atoms with Gasteiger partial charge in [0, 0.05) is 47.7 Å². The molecule has 0 amide bonds. The molecular formula is C22H23Cl2FN2. The van der Waals surface area contributed by atoms with Gasteiger partial charge in [-0.3, -0.25) is 0 Å². The van der Waals surface area contributed by atoms with Crippen LogP contribution in [0.3, 0.4) is 0 Å². The van der Waals surface area contributed by atoms with Crippen molar-refractivity contribution in [1.29, 1.82) is 0 Å². The summed E-state index contributed by atoms with van der Waals surface area (Å²) >= 11 is 12.3. The molecule has 5 heteroatoms. The molecule has 0 N–H and O–H groups in total. The number of nitrogens with zero attached hydrogens (tertiary/aromatic N) is 2. The Hall–Kier alpha value is -1.55. The minimum atomic E-state index is -0.370. The topological polar surface area (TPSA) is 8.17 Å². The number of aromatic nitrogens is 1. The van der Waals surface area contributed by atoms with Crippen LogP contribution in [0.5, 0.6) is 0 Å². The van der Waals surface area contributed by atoms with Gasteiger partial charge >= 0.3 is 0 Å². The molecule has 4 rings (SSSR count). The highest BCUT2D eigenvalue weighted by Crippen LogP contribution is 2.33. The molecule has 1 unspecified atom stereocenters. The van der Waals surface area contributed by atoms with Gasteiger partial charge in [0.1, 0.15) is 5.82 Å². The highest BCUT2D eigenvalue weighted by atomic mass is 35.5. The molecule has 0 aliphatic carbocycles. The summed E-state index contributed by atoms with van der Waals surface area (Å²) in [5.74, 6) is -0.148. The number of likely N-dealkylation sites (N-methyl/N-ethyl adjacent to an activating group) is 1. The van der Waals surface area contributed by atoms with Crippen molar-refractivity contribution in [2.75, 3.05) is 20.1 Å². The molecule has 3 aromatic rings. The van der Waals surface area contributed by atoms with E-state index >= 15 is 0 Å². The lowest BCUT2D eigenvalue weighted by atomic mass is 10.0. The summed E-state index contributed by atoms with van der Waals surface area (Å²) in [4.78, 5) is 2.38. The van der Waals surface area contributed by atoms with E-state index in [1.807, 2.05) is 12.1 Å². The molecule has 1 atom stereocenters. The van der Waals surface area contributed by atoms with Crippen molar-refractivity contribution in [2.24, 2.45) is 0 Å². The molecule has 0 fully saturated rings. The van der Waals surface area contributed by atoms with Crippen LogP contribution in [0, 0.1) is 5.82 Å². The van der Waals surface area contributed by atoms with Gasteiger partial charge in [0.25, 0.3) is 0 Å². The third-order valence-corrected chi connectivity index (χ3v) is 6.22. The molecule has 2 nitrogen and oxygen atoms in total. The summed E-state index contributed by atoms with van der Waals surface area (Å²) in [6.45, 7) is 5.11. The second kappa shape index (κ2) is 7.46. The molecule has 27 heavy (non-hydrogen) atoms. The van der Waals surface area contributed by atoms with Crippen LogP contribution in [0.15, 0.2) is 36.4 Å². The van der Waals surface area contributed by atoms with Crippen LogP contribution in [0.4, 0.5) is 4.39 Å². The molecule has 1 aromatic heterocycles. The maximum absolute atomic E-state index is 13.5. The maximum atomic E-state index is 13.5. The number of benzene rings is 2. The molecule has 0 radical (unpaired) electrons. The lowest BCUT2D eigenvalue weighted by Crippen LogP contribution is -2.21. The van der Waals surface area contributed by atoms with Crippen molar-refractivity contribution in [3.63, 3.8) is 0 Å². The fraction of sp³-hybridized carbons (Fsp3) is 0.364. The fourth-order valence-corrected chi connectivity index (χ4v) is 4.49. The molecule has 0 saturated carbocycles. The minimum Gasteiger partial charge on any atom is -0.344 e. The molecule has 1 aliphatic heterocycles. The summed E-state index contributed by atoms with van der Waals surface area (Å²) in [6, 6.07) is 11.2. The van der Waals surface area contributed by atoms with Gasteiger partial charge in [-0.15, -0.1) is 0 Å². The molecule has 2 heterocycles. The molecule has 2 aromatic carbocycles. The quantitative estimate of drug-likeness (QED) is 0.525. The van der Waals surface area contributed by atoms with Crippen LogP contribution < -0.4 is 0 Å². The summed E-state index contributed by atoms with van der Waals surface area (Å²) in [5, 5.41) is 2.22. The summed E-state index contributed by atoms with van der Waals surface area (Å²) < 4.78 is 16.0. The van der Waals surface area contributed by atoms with E-state index in [2.05, 4.69) is 35.6 Å². The van der Waals surface area contributed by atoms with Gasteiger partial charge in [-0.1, -0.05) is 36.2 Å². The van der Waals surface area contributed by atoms with Gasteiger partial charge in [0.05, 0.1) is 5.02 Å². The Morgan fingerprint density at radius 1 is 1.07 bits per heavy atom. The highest BCUT2D eigenvalue weighted by molar-refractivity contribution is 6.31. The monoisotopic (exact) mass is 404 g/mol. The molecule has 1 aliphatic rings. The predicted octanol–water partition coefficient (Wildman–Crippen LogP) is 5.92. The van der Waals surface area contributed by atoms with E-state index in [0.717, 1.165) is 43.1 Å². The van der Waals surface area contributed by atoms with Gasteiger partial charge < -0.3 is 9.47 Å². The van der Waals surface area contributed by atoms with Gasteiger partial charge in [-0.2, -0.15) is 0 Å². The van der Waals surface area contributed by atoms with Crippen molar-refractivity contribution < 1.29 is 4.39 Å². The van der Waals surface area contributed by atoms with Crippen molar-refractivity contribution in [3.05, 3.63) is 69.1 Å². The normalized spacial score (nSPS) is 16.3. The maximum Gasteiger partial charge on any atom is 0.141 e. The zero-order valence-electron chi connectivity index (χ0n) is 15.6. The first-order chi connectivity index (χ1) is 12.9. The van der Waals surface area contributed by atoms with E-state index in [4.69, 9.17) is 23.2 Å². The first kappa shape index (κ1) is 18.8.